The van der Waals surface area contributed by atoms with Crippen molar-refractivity contribution in [1.29, 1.82) is 0 Å². The zero-order chi connectivity index (χ0) is 17.6. The van der Waals surface area contributed by atoms with E-state index in [1.54, 1.807) is 13.4 Å². The van der Waals surface area contributed by atoms with Crippen molar-refractivity contribution in [2.45, 2.75) is 25.2 Å². The lowest BCUT2D eigenvalue weighted by molar-refractivity contribution is -0.137. The maximum absolute atomic E-state index is 13.3. The number of aromatic nitrogens is 2. The van der Waals surface area contributed by atoms with Crippen LogP contribution < -0.4 is 0 Å². The van der Waals surface area contributed by atoms with Gasteiger partial charge in [-0.05, 0) is 19.3 Å². The number of nitrogens with zero attached hydrogens (tertiary/aromatic N) is 4. The first-order valence-corrected chi connectivity index (χ1v) is 9.10. The van der Waals surface area contributed by atoms with E-state index in [1.165, 1.54) is 0 Å². The van der Waals surface area contributed by atoms with Crippen LogP contribution in [-0.2, 0) is 21.4 Å². The summed E-state index contributed by atoms with van der Waals surface area (Å²) in [7, 11) is 3.59. The number of rotatable bonds is 5. The lowest BCUT2D eigenvalue weighted by atomic mass is 9.75. The summed E-state index contributed by atoms with van der Waals surface area (Å²) in [6, 6.07) is 0. The molecule has 0 unspecified atom stereocenters. The van der Waals surface area contributed by atoms with E-state index in [0.29, 0.717) is 26.2 Å². The summed E-state index contributed by atoms with van der Waals surface area (Å²) < 4.78 is 7.06. The van der Waals surface area contributed by atoms with E-state index in [9.17, 15) is 9.59 Å². The molecule has 3 fully saturated rings. The monoisotopic (exact) mass is 346 g/mol. The summed E-state index contributed by atoms with van der Waals surface area (Å²) in [6.45, 7) is 3.03. The van der Waals surface area contributed by atoms with Gasteiger partial charge >= 0.3 is 0 Å². The molecule has 136 valence electrons. The predicted molar refractivity (Wildman–Crippen MR) is 90.8 cm³/mol. The molecule has 0 radical (unpaired) electrons. The zero-order valence-electron chi connectivity index (χ0n) is 15.0. The summed E-state index contributed by atoms with van der Waals surface area (Å²) >= 11 is 0. The minimum atomic E-state index is -0.521. The molecule has 4 rings (SSSR count). The van der Waals surface area contributed by atoms with Crippen molar-refractivity contribution in [2.75, 3.05) is 39.9 Å². The minimum absolute atomic E-state index is 0.0172. The molecule has 2 amide bonds. The average Bonchev–Trinajstić information content (AvgIpc) is 3.15. The second kappa shape index (κ2) is 6.12. The first kappa shape index (κ1) is 16.6. The molecular weight excluding hydrogens is 320 g/mol. The van der Waals surface area contributed by atoms with Gasteiger partial charge in [0.15, 0.2) is 0 Å². The molecule has 2 aliphatic heterocycles. The molecule has 2 atom stereocenters. The molecule has 1 aromatic heterocycles. The molecule has 1 spiro atoms. The number of likely N-dealkylation sites (tertiary alicyclic amines) is 2. The van der Waals surface area contributed by atoms with E-state index in [4.69, 9.17) is 4.74 Å². The Hall–Kier alpha value is -1.89. The number of amides is 2. The predicted octanol–water partition coefficient (Wildman–Crippen LogP) is 0.621. The van der Waals surface area contributed by atoms with Gasteiger partial charge in [0.2, 0.25) is 11.8 Å². The maximum Gasteiger partial charge on any atom is 0.231 e. The highest BCUT2D eigenvalue weighted by Crippen LogP contribution is 2.50. The Morgan fingerprint density at radius 3 is 2.88 bits per heavy atom. The van der Waals surface area contributed by atoms with Crippen molar-refractivity contribution in [1.82, 2.24) is 19.4 Å². The molecule has 1 aromatic rings. The fraction of sp³-hybridized carbons (Fsp3) is 0.722. The molecule has 7 nitrogen and oxygen atoms in total. The van der Waals surface area contributed by atoms with Crippen LogP contribution in [0.4, 0.5) is 0 Å². The summed E-state index contributed by atoms with van der Waals surface area (Å²) in [5, 5.41) is 0. The van der Waals surface area contributed by atoms with Crippen LogP contribution in [0.5, 0.6) is 0 Å². The van der Waals surface area contributed by atoms with Gasteiger partial charge < -0.3 is 19.1 Å². The molecule has 0 N–H and O–H groups in total. The van der Waals surface area contributed by atoms with E-state index in [-0.39, 0.29) is 23.7 Å². The fourth-order valence-electron chi connectivity index (χ4n) is 4.40. The third kappa shape index (κ3) is 2.74. The Labute approximate surface area is 147 Å². The first-order chi connectivity index (χ1) is 12.0. The number of hydrogen-bond acceptors (Lipinski definition) is 4. The van der Waals surface area contributed by atoms with Crippen molar-refractivity contribution in [3.05, 3.63) is 18.2 Å². The van der Waals surface area contributed by atoms with Gasteiger partial charge in [0.25, 0.3) is 0 Å². The van der Waals surface area contributed by atoms with Gasteiger partial charge in [0.05, 0.1) is 24.0 Å². The lowest BCUT2D eigenvalue weighted by Crippen LogP contribution is -2.41. The van der Waals surface area contributed by atoms with Crippen molar-refractivity contribution in [3.8, 4) is 0 Å². The SMILES string of the molecule is COCCN1CC[C@@]2(CN(C(=O)C3CC3)C[C@@H]2c2cn(C)cn2)C1=O. The van der Waals surface area contributed by atoms with Crippen LogP contribution in [0.1, 0.15) is 30.9 Å². The molecule has 3 aliphatic rings. The van der Waals surface area contributed by atoms with Gasteiger partial charge in [-0.25, -0.2) is 4.98 Å². The van der Waals surface area contributed by atoms with E-state index >= 15 is 0 Å². The average molecular weight is 346 g/mol. The van der Waals surface area contributed by atoms with Crippen LogP contribution in [-0.4, -0.2) is 71.1 Å². The molecule has 0 aromatic carbocycles. The Morgan fingerprint density at radius 2 is 2.24 bits per heavy atom. The smallest absolute Gasteiger partial charge is 0.231 e. The quantitative estimate of drug-likeness (QED) is 0.784. The van der Waals surface area contributed by atoms with Gasteiger partial charge in [-0.15, -0.1) is 0 Å². The molecule has 25 heavy (non-hydrogen) atoms. The molecular formula is C18H26N4O3. The molecule has 1 saturated carbocycles. The normalized spacial score (nSPS) is 29.2. The van der Waals surface area contributed by atoms with Gasteiger partial charge in [0.1, 0.15) is 0 Å². The number of imidazole rings is 1. The highest BCUT2D eigenvalue weighted by Gasteiger charge is 2.59. The topological polar surface area (TPSA) is 67.7 Å². The number of hydrogen-bond donors (Lipinski definition) is 0. The van der Waals surface area contributed by atoms with Crippen LogP contribution in [0.25, 0.3) is 0 Å². The fourth-order valence-corrected chi connectivity index (χ4v) is 4.40. The van der Waals surface area contributed by atoms with Crippen LogP contribution in [0.2, 0.25) is 0 Å². The van der Waals surface area contributed by atoms with Gasteiger partial charge in [-0.3, -0.25) is 9.59 Å². The molecule has 1 aliphatic carbocycles. The van der Waals surface area contributed by atoms with Gasteiger partial charge in [-0.1, -0.05) is 0 Å². The Bertz CT molecular complexity index is 684. The molecule has 0 bridgehead atoms. The highest BCUT2D eigenvalue weighted by molar-refractivity contribution is 5.89. The number of carbonyl (C=O) groups excluding carboxylic acids is 2. The Balaban J connectivity index is 1.62. The van der Waals surface area contributed by atoms with Gasteiger partial charge in [-0.2, -0.15) is 0 Å². The third-order valence-corrected chi connectivity index (χ3v) is 5.97. The Kier molecular flexibility index (Phi) is 4.06. The molecule has 2 saturated heterocycles. The highest BCUT2D eigenvalue weighted by atomic mass is 16.5. The van der Waals surface area contributed by atoms with Crippen LogP contribution in [0, 0.1) is 11.3 Å². The zero-order valence-corrected chi connectivity index (χ0v) is 15.0. The first-order valence-electron chi connectivity index (χ1n) is 9.10. The summed E-state index contributed by atoms with van der Waals surface area (Å²) in [6.07, 6.45) is 6.53. The third-order valence-electron chi connectivity index (χ3n) is 5.97. The second-order valence-electron chi connectivity index (χ2n) is 7.70. The second-order valence-corrected chi connectivity index (χ2v) is 7.70. The van der Waals surface area contributed by atoms with E-state index < -0.39 is 5.41 Å². The molecule has 3 heterocycles. The lowest BCUT2D eigenvalue weighted by Gasteiger charge is -2.27. The number of ether oxygens (including phenoxy) is 1. The largest absolute Gasteiger partial charge is 0.383 e. The van der Waals surface area contributed by atoms with E-state index in [1.807, 2.05) is 27.6 Å². The minimum Gasteiger partial charge on any atom is -0.383 e. The number of methoxy groups -OCH3 is 1. The van der Waals surface area contributed by atoms with Crippen molar-refractivity contribution < 1.29 is 14.3 Å². The van der Waals surface area contributed by atoms with E-state index in [0.717, 1.165) is 31.5 Å². The standard InChI is InChI=1S/C18H26N4O3/c1-20-10-15(19-12-20)14-9-22(16(23)13-3-4-13)11-18(14)5-6-21(17(18)24)7-8-25-2/h10,12-14H,3-9,11H2,1-2H3/t14-,18+/m1/s1. The van der Waals surface area contributed by atoms with E-state index in [2.05, 4.69) is 4.98 Å². The number of aryl methyl sites for hydroxylation is 1. The number of carbonyl (C=O) groups is 2. The van der Waals surface area contributed by atoms with Crippen LogP contribution >= 0.6 is 0 Å². The Morgan fingerprint density at radius 1 is 1.44 bits per heavy atom. The van der Waals surface area contributed by atoms with Gasteiger partial charge in [0, 0.05) is 58.4 Å². The summed E-state index contributed by atoms with van der Waals surface area (Å²) in [4.78, 5) is 34.3. The molecule has 7 heteroatoms. The van der Waals surface area contributed by atoms with Crippen molar-refractivity contribution in [2.24, 2.45) is 18.4 Å². The summed E-state index contributed by atoms with van der Waals surface area (Å²) in [5.41, 5.74) is 0.405. The van der Waals surface area contributed by atoms with Crippen LogP contribution in [0.15, 0.2) is 12.5 Å². The van der Waals surface area contributed by atoms with Crippen molar-refractivity contribution in [3.63, 3.8) is 0 Å². The van der Waals surface area contributed by atoms with Crippen LogP contribution in [0.3, 0.4) is 0 Å². The summed E-state index contributed by atoms with van der Waals surface area (Å²) in [5.74, 6) is 0.546. The van der Waals surface area contributed by atoms with Crippen molar-refractivity contribution >= 4 is 11.8 Å². The maximum atomic E-state index is 13.3.